The molecule has 0 spiro atoms. The van der Waals surface area contributed by atoms with Crippen LogP contribution in [0.2, 0.25) is 0 Å². The lowest BCUT2D eigenvalue weighted by atomic mass is 10.2. The lowest BCUT2D eigenvalue weighted by Gasteiger charge is -2.37. The van der Waals surface area contributed by atoms with Gasteiger partial charge in [-0.15, -0.1) is 0 Å². The van der Waals surface area contributed by atoms with Gasteiger partial charge in [0.2, 0.25) is 0 Å². The van der Waals surface area contributed by atoms with Crippen LogP contribution in [-0.2, 0) is 0 Å². The molecule has 1 fully saturated rings. The van der Waals surface area contributed by atoms with E-state index in [1.807, 2.05) is 12.1 Å². The molecule has 0 amide bonds. The van der Waals surface area contributed by atoms with E-state index < -0.39 is 0 Å². The summed E-state index contributed by atoms with van der Waals surface area (Å²) < 4.78 is 0. The van der Waals surface area contributed by atoms with Crippen molar-refractivity contribution in [3.8, 4) is 0 Å². The highest BCUT2D eigenvalue weighted by atomic mass is 16.6. The van der Waals surface area contributed by atoms with Gasteiger partial charge in [0.05, 0.1) is 4.92 Å². The van der Waals surface area contributed by atoms with Crippen LogP contribution in [0.5, 0.6) is 0 Å². The van der Waals surface area contributed by atoms with E-state index in [1.165, 1.54) is 0 Å². The fourth-order valence-corrected chi connectivity index (χ4v) is 2.37. The Morgan fingerprint density at radius 3 is 2.53 bits per heavy atom. The Morgan fingerprint density at radius 2 is 1.95 bits per heavy atom. The Labute approximate surface area is 113 Å². The first-order valence-electron chi connectivity index (χ1n) is 6.54. The molecule has 0 bridgehead atoms. The standard InChI is InChI=1S/C14H19N3O2/c1-3-12(2)15-8-10-16(11-9-15)13-6-4-5-7-14(13)17(18)19/h4-7H,2-3,8-11H2,1H3. The van der Waals surface area contributed by atoms with Gasteiger partial charge in [0.25, 0.3) is 5.69 Å². The van der Waals surface area contributed by atoms with Crippen LogP contribution in [0.15, 0.2) is 36.5 Å². The van der Waals surface area contributed by atoms with Gasteiger partial charge in [-0.25, -0.2) is 0 Å². The van der Waals surface area contributed by atoms with Crippen molar-refractivity contribution in [2.75, 3.05) is 31.1 Å². The Bertz CT molecular complexity index is 479. The highest BCUT2D eigenvalue weighted by molar-refractivity contribution is 5.63. The Balaban J connectivity index is 2.10. The molecule has 1 aromatic rings. The fraction of sp³-hybridized carbons (Fsp3) is 0.429. The number of hydrogen-bond donors (Lipinski definition) is 0. The summed E-state index contributed by atoms with van der Waals surface area (Å²) in [5.74, 6) is 0. The largest absolute Gasteiger partial charge is 0.372 e. The fourth-order valence-electron chi connectivity index (χ4n) is 2.37. The Kier molecular flexibility index (Phi) is 4.04. The van der Waals surface area contributed by atoms with Crippen LogP contribution in [0.3, 0.4) is 0 Å². The summed E-state index contributed by atoms with van der Waals surface area (Å²) in [5, 5.41) is 11.0. The first kappa shape index (κ1) is 13.4. The molecule has 19 heavy (non-hydrogen) atoms. The van der Waals surface area contributed by atoms with Crippen molar-refractivity contribution in [1.82, 2.24) is 4.90 Å². The molecule has 2 rings (SSSR count). The highest BCUT2D eigenvalue weighted by Gasteiger charge is 2.23. The van der Waals surface area contributed by atoms with Crippen LogP contribution >= 0.6 is 0 Å². The molecule has 5 nitrogen and oxygen atoms in total. The number of anilines is 1. The number of piperazine rings is 1. The SMILES string of the molecule is C=C(CC)N1CCN(c2ccccc2[N+](=O)[O-])CC1. The number of hydrogen-bond acceptors (Lipinski definition) is 4. The van der Waals surface area contributed by atoms with E-state index in [1.54, 1.807) is 12.1 Å². The van der Waals surface area contributed by atoms with Gasteiger partial charge >= 0.3 is 0 Å². The smallest absolute Gasteiger partial charge is 0.292 e. The molecule has 0 unspecified atom stereocenters. The van der Waals surface area contributed by atoms with Gasteiger partial charge in [-0.1, -0.05) is 25.6 Å². The maximum atomic E-state index is 11.0. The molecule has 0 saturated carbocycles. The third-order valence-electron chi connectivity index (χ3n) is 3.55. The van der Waals surface area contributed by atoms with E-state index in [2.05, 4.69) is 23.3 Å². The van der Waals surface area contributed by atoms with Crippen LogP contribution in [-0.4, -0.2) is 36.0 Å². The van der Waals surface area contributed by atoms with Crippen molar-refractivity contribution in [3.05, 3.63) is 46.7 Å². The highest BCUT2D eigenvalue weighted by Crippen LogP contribution is 2.28. The molecule has 0 aliphatic carbocycles. The van der Waals surface area contributed by atoms with Gasteiger partial charge in [-0.2, -0.15) is 0 Å². The first-order valence-corrected chi connectivity index (χ1v) is 6.54. The zero-order valence-electron chi connectivity index (χ0n) is 11.2. The van der Waals surface area contributed by atoms with Gasteiger partial charge in [-0.05, 0) is 12.5 Å². The third-order valence-corrected chi connectivity index (χ3v) is 3.55. The molecule has 0 atom stereocenters. The third kappa shape index (κ3) is 2.86. The summed E-state index contributed by atoms with van der Waals surface area (Å²) in [6.45, 7) is 9.47. The normalized spacial score (nSPS) is 15.4. The maximum absolute atomic E-state index is 11.0. The molecular formula is C14H19N3O2. The number of allylic oxidation sites excluding steroid dienone is 1. The van der Waals surface area contributed by atoms with Gasteiger partial charge in [-0.3, -0.25) is 10.1 Å². The van der Waals surface area contributed by atoms with E-state index in [9.17, 15) is 10.1 Å². The number of rotatable bonds is 4. The minimum atomic E-state index is -0.313. The molecule has 1 aliphatic rings. The predicted molar refractivity (Wildman–Crippen MR) is 76.3 cm³/mol. The number of nitro groups is 1. The van der Waals surface area contributed by atoms with Crippen molar-refractivity contribution in [1.29, 1.82) is 0 Å². The zero-order chi connectivity index (χ0) is 13.8. The molecule has 0 N–H and O–H groups in total. The Morgan fingerprint density at radius 1 is 1.32 bits per heavy atom. The van der Waals surface area contributed by atoms with Crippen molar-refractivity contribution >= 4 is 11.4 Å². The van der Waals surface area contributed by atoms with Crippen LogP contribution in [0.4, 0.5) is 11.4 Å². The van der Waals surface area contributed by atoms with Crippen LogP contribution in [0, 0.1) is 10.1 Å². The molecule has 1 saturated heterocycles. The lowest BCUT2D eigenvalue weighted by Crippen LogP contribution is -2.45. The summed E-state index contributed by atoms with van der Waals surface area (Å²) >= 11 is 0. The second-order valence-corrected chi connectivity index (χ2v) is 4.64. The van der Waals surface area contributed by atoms with Gasteiger partial charge < -0.3 is 9.80 Å². The molecule has 0 radical (unpaired) electrons. The van der Waals surface area contributed by atoms with Crippen LogP contribution < -0.4 is 4.90 Å². The summed E-state index contributed by atoms with van der Waals surface area (Å²) in [4.78, 5) is 15.1. The maximum Gasteiger partial charge on any atom is 0.292 e. The summed E-state index contributed by atoms with van der Waals surface area (Å²) in [5.41, 5.74) is 2.04. The summed E-state index contributed by atoms with van der Waals surface area (Å²) in [6.07, 6.45) is 0.950. The molecule has 5 heteroatoms. The van der Waals surface area contributed by atoms with Gasteiger partial charge in [0.1, 0.15) is 5.69 Å². The Hall–Kier alpha value is -2.04. The van der Waals surface area contributed by atoms with E-state index >= 15 is 0 Å². The van der Waals surface area contributed by atoms with Crippen molar-refractivity contribution < 1.29 is 4.92 Å². The van der Waals surface area contributed by atoms with E-state index in [-0.39, 0.29) is 10.6 Å². The summed E-state index contributed by atoms with van der Waals surface area (Å²) in [7, 11) is 0. The summed E-state index contributed by atoms with van der Waals surface area (Å²) in [6, 6.07) is 6.94. The molecule has 1 heterocycles. The van der Waals surface area contributed by atoms with Gasteiger partial charge in [0.15, 0.2) is 0 Å². The van der Waals surface area contributed by atoms with Crippen LogP contribution in [0.1, 0.15) is 13.3 Å². The second kappa shape index (κ2) is 5.73. The monoisotopic (exact) mass is 261 g/mol. The van der Waals surface area contributed by atoms with E-state index in [4.69, 9.17) is 0 Å². The van der Waals surface area contributed by atoms with Crippen molar-refractivity contribution in [2.45, 2.75) is 13.3 Å². The van der Waals surface area contributed by atoms with Gasteiger partial charge in [0, 0.05) is 37.9 Å². The van der Waals surface area contributed by atoms with Crippen molar-refractivity contribution in [3.63, 3.8) is 0 Å². The second-order valence-electron chi connectivity index (χ2n) is 4.64. The van der Waals surface area contributed by atoms with E-state index in [0.29, 0.717) is 5.69 Å². The average molecular weight is 261 g/mol. The minimum absolute atomic E-state index is 0.185. The average Bonchev–Trinajstić information content (AvgIpc) is 2.46. The predicted octanol–water partition coefficient (Wildman–Crippen LogP) is 2.64. The molecule has 102 valence electrons. The number of benzene rings is 1. The molecule has 1 aliphatic heterocycles. The van der Waals surface area contributed by atoms with E-state index in [0.717, 1.165) is 38.3 Å². The van der Waals surface area contributed by atoms with Crippen LogP contribution in [0.25, 0.3) is 0 Å². The molecule has 1 aromatic carbocycles. The van der Waals surface area contributed by atoms with Crippen molar-refractivity contribution in [2.24, 2.45) is 0 Å². The zero-order valence-corrected chi connectivity index (χ0v) is 11.2. The number of nitro benzene ring substituents is 1. The minimum Gasteiger partial charge on any atom is -0.372 e. The quantitative estimate of drug-likeness (QED) is 0.617. The first-order chi connectivity index (χ1) is 9.13. The lowest BCUT2D eigenvalue weighted by molar-refractivity contribution is -0.384. The number of nitrogens with zero attached hydrogens (tertiary/aromatic N) is 3. The molecule has 0 aromatic heterocycles. The number of para-hydroxylation sites is 2. The topological polar surface area (TPSA) is 49.6 Å². The molecular weight excluding hydrogens is 242 g/mol.